The molecule has 0 aliphatic carbocycles. The maximum absolute atomic E-state index is 12.7. The van der Waals surface area contributed by atoms with Gasteiger partial charge in [0.25, 0.3) is 5.91 Å². The molecule has 0 unspecified atom stereocenters. The summed E-state index contributed by atoms with van der Waals surface area (Å²) in [6.07, 6.45) is 4.06. The second-order valence-corrected chi connectivity index (χ2v) is 6.12. The van der Waals surface area contributed by atoms with Crippen LogP contribution in [-0.4, -0.2) is 28.2 Å². The standard InChI is InChI=1S/C17H18N4O2S/c1-3-14(17-18-8-9-24-17)20-16(22)13-10-19-21-15(13)11-4-6-12(23-2)7-5-11/h4-10,14H,3H2,1-2H3,(H,19,21)(H,20,22)/t14-/m0/s1. The van der Waals surface area contributed by atoms with Crippen LogP contribution in [0.1, 0.15) is 34.8 Å². The summed E-state index contributed by atoms with van der Waals surface area (Å²) in [5.41, 5.74) is 2.07. The van der Waals surface area contributed by atoms with E-state index >= 15 is 0 Å². The fourth-order valence-corrected chi connectivity index (χ4v) is 3.19. The van der Waals surface area contributed by atoms with E-state index in [9.17, 15) is 4.79 Å². The van der Waals surface area contributed by atoms with Crippen LogP contribution < -0.4 is 10.1 Å². The predicted octanol–water partition coefficient (Wildman–Crippen LogP) is 3.42. The van der Waals surface area contributed by atoms with Gasteiger partial charge in [-0.1, -0.05) is 6.92 Å². The van der Waals surface area contributed by atoms with Crippen molar-refractivity contribution < 1.29 is 9.53 Å². The predicted molar refractivity (Wildman–Crippen MR) is 93.2 cm³/mol. The number of aromatic amines is 1. The highest BCUT2D eigenvalue weighted by molar-refractivity contribution is 7.09. The van der Waals surface area contributed by atoms with Crippen LogP contribution in [0.5, 0.6) is 5.75 Å². The largest absolute Gasteiger partial charge is 0.497 e. The SMILES string of the molecule is CC[C@H](NC(=O)c1cn[nH]c1-c1ccc(OC)cc1)c1nccs1. The Labute approximate surface area is 143 Å². The number of H-pyrrole nitrogens is 1. The molecule has 0 fully saturated rings. The van der Waals surface area contributed by atoms with Crippen molar-refractivity contribution in [1.29, 1.82) is 0 Å². The highest BCUT2D eigenvalue weighted by Gasteiger charge is 2.20. The van der Waals surface area contributed by atoms with E-state index in [1.165, 1.54) is 11.3 Å². The summed E-state index contributed by atoms with van der Waals surface area (Å²) in [7, 11) is 1.62. The number of benzene rings is 1. The molecule has 6 nitrogen and oxygen atoms in total. The third kappa shape index (κ3) is 3.30. The molecule has 3 aromatic rings. The first-order valence-electron chi connectivity index (χ1n) is 7.61. The molecule has 2 aromatic heterocycles. The van der Waals surface area contributed by atoms with E-state index in [2.05, 4.69) is 20.5 Å². The Balaban J connectivity index is 1.82. The monoisotopic (exact) mass is 342 g/mol. The molecule has 0 radical (unpaired) electrons. The lowest BCUT2D eigenvalue weighted by atomic mass is 10.1. The van der Waals surface area contributed by atoms with Crippen LogP contribution >= 0.6 is 11.3 Å². The maximum atomic E-state index is 12.7. The second kappa shape index (κ2) is 7.27. The second-order valence-electron chi connectivity index (χ2n) is 5.19. The number of aromatic nitrogens is 3. The number of nitrogens with zero attached hydrogens (tertiary/aromatic N) is 2. The molecular weight excluding hydrogens is 324 g/mol. The fraction of sp³-hybridized carbons (Fsp3) is 0.235. The van der Waals surface area contributed by atoms with Gasteiger partial charge >= 0.3 is 0 Å². The van der Waals surface area contributed by atoms with Gasteiger partial charge in [0.1, 0.15) is 10.8 Å². The minimum Gasteiger partial charge on any atom is -0.497 e. The number of thiazole rings is 1. The van der Waals surface area contributed by atoms with E-state index in [0.717, 1.165) is 22.7 Å². The average Bonchev–Trinajstić information content (AvgIpc) is 3.31. The van der Waals surface area contributed by atoms with Gasteiger partial charge in [-0.25, -0.2) is 4.98 Å². The Morgan fingerprint density at radius 1 is 1.38 bits per heavy atom. The van der Waals surface area contributed by atoms with E-state index in [1.54, 1.807) is 19.5 Å². The quantitative estimate of drug-likeness (QED) is 0.719. The van der Waals surface area contributed by atoms with Crippen LogP contribution in [-0.2, 0) is 0 Å². The maximum Gasteiger partial charge on any atom is 0.255 e. The van der Waals surface area contributed by atoms with E-state index < -0.39 is 0 Å². The molecule has 0 aliphatic rings. The topological polar surface area (TPSA) is 79.9 Å². The van der Waals surface area contributed by atoms with Crippen molar-refractivity contribution in [2.75, 3.05) is 7.11 Å². The lowest BCUT2D eigenvalue weighted by Crippen LogP contribution is -2.28. The first kappa shape index (κ1) is 16.2. The number of rotatable bonds is 6. The lowest BCUT2D eigenvalue weighted by molar-refractivity contribution is 0.0936. The summed E-state index contributed by atoms with van der Waals surface area (Å²) in [4.78, 5) is 17.0. The molecule has 0 saturated carbocycles. The van der Waals surface area contributed by atoms with Gasteiger partial charge in [-0.3, -0.25) is 9.89 Å². The Bertz CT molecular complexity index is 796. The first-order valence-corrected chi connectivity index (χ1v) is 8.49. The molecule has 24 heavy (non-hydrogen) atoms. The Hall–Kier alpha value is -2.67. The molecular formula is C17H18N4O2S. The molecule has 7 heteroatoms. The van der Waals surface area contributed by atoms with Crippen molar-refractivity contribution in [2.45, 2.75) is 19.4 Å². The Morgan fingerprint density at radius 2 is 2.17 bits per heavy atom. The lowest BCUT2D eigenvalue weighted by Gasteiger charge is -2.14. The van der Waals surface area contributed by atoms with Crippen molar-refractivity contribution in [3.05, 3.63) is 52.6 Å². The Kier molecular flexibility index (Phi) is 4.90. The Morgan fingerprint density at radius 3 is 2.79 bits per heavy atom. The van der Waals surface area contributed by atoms with Gasteiger partial charge in [0.2, 0.25) is 0 Å². The third-order valence-electron chi connectivity index (χ3n) is 3.73. The summed E-state index contributed by atoms with van der Waals surface area (Å²) in [6, 6.07) is 7.38. The van der Waals surface area contributed by atoms with Crippen molar-refractivity contribution in [1.82, 2.24) is 20.5 Å². The number of nitrogens with one attached hydrogen (secondary N) is 2. The van der Waals surface area contributed by atoms with Gasteiger partial charge in [-0.05, 0) is 30.7 Å². The zero-order chi connectivity index (χ0) is 16.9. The van der Waals surface area contributed by atoms with Crippen LogP contribution in [0.3, 0.4) is 0 Å². The van der Waals surface area contributed by atoms with Gasteiger partial charge in [0.05, 0.1) is 30.6 Å². The van der Waals surface area contributed by atoms with Crippen molar-refractivity contribution in [3.8, 4) is 17.0 Å². The normalized spacial score (nSPS) is 11.9. The molecule has 1 amide bonds. The highest BCUT2D eigenvalue weighted by Crippen LogP contribution is 2.25. The van der Waals surface area contributed by atoms with Crippen LogP contribution in [0.25, 0.3) is 11.3 Å². The van der Waals surface area contributed by atoms with Gasteiger partial charge < -0.3 is 10.1 Å². The third-order valence-corrected chi connectivity index (χ3v) is 4.61. The van der Waals surface area contributed by atoms with E-state index in [4.69, 9.17) is 4.74 Å². The molecule has 1 atom stereocenters. The summed E-state index contributed by atoms with van der Waals surface area (Å²) in [5.74, 6) is 0.593. The number of carbonyl (C=O) groups is 1. The highest BCUT2D eigenvalue weighted by atomic mass is 32.1. The van der Waals surface area contributed by atoms with Crippen LogP contribution in [0.15, 0.2) is 42.0 Å². The number of hydrogen-bond acceptors (Lipinski definition) is 5. The number of ether oxygens (including phenoxy) is 1. The van der Waals surface area contributed by atoms with Gasteiger partial charge in [-0.2, -0.15) is 5.10 Å². The zero-order valence-corrected chi connectivity index (χ0v) is 14.3. The summed E-state index contributed by atoms with van der Waals surface area (Å²) in [5, 5.41) is 12.8. The smallest absolute Gasteiger partial charge is 0.255 e. The molecule has 0 aliphatic heterocycles. The molecule has 3 rings (SSSR count). The number of amides is 1. The summed E-state index contributed by atoms with van der Waals surface area (Å²) >= 11 is 1.54. The summed E-state index contributed by atoms with van der Waals surface area (Å²) < 4.78 is 5.16. The van der Waals surface area contributed by atoms with Crippen LogP contribution in [0, 0.1) is 0 Å². The van der Waals surface area contributed by atoms with Gasteiger partial charge in [-0.15, -0.1) is 11.3 Å². The van der Waals surface area contributed by atoms with E-state index in [0.29, 0.717) is 11.3 Å². The average molecular weight is 342 g/mol. The molecule has 124 valence electrons. The zero-order valence-electron chi connectivity index (χ0n) is 13.4. The summed E-state index contributed by atoms with van der Waals surface area (Å²) in [6.45, 7) is 2.02. The first-order chi connectivity index (χ1) is 11.7. The molecule has 2 N–H and O–H groups in total. The number of hydrogen-bond donors (Lipinski definition) is 2. The van der Waals surface area contributed by atoms with Crippen molar-refractivity contribution in [2.24, 2.45) is 0 Å². The fourth-order valence-electron chi connectivity index (χ4n) is 2.42. The van der Waals surface area contributed by atoms with E-state index in [-0.39, 0.29) is 11.9 Å². The molecule has 0 spiro atoms. The van der Waals surface area contributed by atoms with Crippen LogP contribution in [0.4, 0.5) is 0 Å². The molecule has 0 bridgehead atoms. The van der Waals surface area contributed by atoms with Crippen molar-refractivity contribution in [3.63, 3.8) is 0 Å². The van der Waals surface area contributed by atoms with E-state index in [1.807, 2.05) is 36.6 Å². The van der Waals surface area contributed by atoms with Gasteiger partial charge in [0, 0.05) is 17.1 Å². The minimum absolute atomic E-state index is 0.101. The van der Waals surface area contributed by atoms with Crippen LogP contribution in [0.2, 0.25) is 0 Å². The molecule has 2 heterocycles. The minimum atomic E-state index is -0.170. The number of carbonyl (C=O) groups excluding carboxylic acids is 1. The molecule has 1 aromatic carbocycles. The van der Waals surface area contributed by atoms with Crippen molar-refractivity contribution >= 4 is 17.2 Å². The van der Waals surface area contributed by atoms with Gasteiger partial charge in [0.15, 0.2) is 0 Å². The molecule has 0 saturated heterocycles. The number of methoxy groups -OCH3 is 1.